The van der Waals surface area contributed by atoms with Crippen molar-refractivity contribution >= 4 is 5.97 Å². The van der Waals surface area contributed by atoms with Crippen molar-refractivity contribution < 1.29 is 14.4 Å². The highest BCUT2D eigenvalue weighted by Gasteiger charge is 2.44. The van der Waals surface area contributed by atoms with Gasteiger partial charge in [0.15, 0.2) is 0 Å². The van der Waals surface area contributed by atoms with E-state index in [-0.39, 0.29) is 34.0 Å². The summed E-state index contributed by atoms with van der Waals surface area (Å²) in [5.41, 5.74) is 2.55. The lowest BCUT2D eigenvalue weighted by Crippen LogP contribution is -2.54. The van der Waals surface area contributed by atoms with E-state index in [0.29, 0.717) is 12.2 Å². The number of hydrogen-bond donors (Lipinski definition) is 0. The zero-order valence-corrected chi connectivity index (χ0v) is 22.5. The van der Waals surface area contributed by atoms with Crippen LogP contribution in [0.1, 0.15) is 123 Å². The average molecular weight is 446 g/mol. The molecule has 0 bridgehead atoms. The number of carbonyl (C=O) groups excluding carboxylic acids is 1. The fourth-order valence-corrected chi connectivity index (χ4v) is 4.64. The fraction of sp³-hybridized carbons (Fsp3) is 0.750. The van der Waals surface area contributed by atoms with E-state index in [2.05, 4.69) is 87.3 Å². The Hall–Kier alpha value is -1.39. The molecule has 1 aliphatic rings. The molecule has 32 heavy (non-hydrogen) atoms. The third-order valence-electron chi connectivity index (χ3n) is 6.50. The summed E-state index contributed by atoms with van der Waals surface area (Å²) < 4.78 is 6.15. The van der Waals surface area contributed by atoms with E-state index >= 15 is 0 Å². The van der Waals surface area contributed by atoms with Gasteiger partial charge in [-0.3, -0.25) is 4.84 Å². The van der Waals surface area contributed by atoms with Crippen LogP contribution in [0.25, 0.3) is 0 Å². The maximum atomic E-state index is 13.3. The summed E-state index contributed by atoms with van der Waals surface area (Å²) in [6, 6.07) is 6.26. The van der Waals surface area contributed by atoms with Crippen molar-refractivity contribution in [3.05, 3.63) is 34.9 Å². The molecule has 1 fully saturated rings. The quantitative estimate of drug-likeness (QED) is 0.450. The SMILES string of the molecule is CCCON1C(C)(C)CCC(OC(=O)c2cc(C(C)(C)C)cc(C(C)(C)C)c2)CC1(C)C. The molecule has 0 aromatic heterocycles. The molecule has 182 valence electrons. The molecule has 4 heteroatoms. The summed E-state index contributed by atoms with van der Waals surface area (Å²) in [6.45, 7) is 24.8. The molecule has 1 saturated heterocycles. The summed E-state index contributed by atoms with van der Waals surface area (Å²) in [5.74, 6) is -0.219. The lowest BCUT2D eigenvalue weighted by molar-refractivity contribution is -0.265. The summed E-state index contributed by atoms with van der Waals surface area (Å²) in [4.78, 5) is 19.5. The van der Waals surface area contributed by atoms with Gasteiger partial charge in [0.2, 0.25) is 0 Å². The Morgan fingerprint density at radius 2 is 1.50 bits per heavy atom. The number of ether oxygens (including phenoxy) is 1. The van der Waals surface area contributed by atoms with Crippen LogP contribution in [-0.2, 0) is 20.4 Å². The van der Waals surface area contributed by atoms with Crippen LogP contribution in [0.5, 0.6) is 0 Å². The highest BCUT2D eigenvalue weighted by molar-refractivity contribution is 5.90. The van der Waals surface area contributed by atoms with Crippen LogP contribution in [0.4, 0.5) is 0 Å². The van der Waals surface area contributed by atoms with Crippen LogP contribution in [0.3, 0.4) is 0 Å². The summed E-state index contributed by atoms with van der Waals surface area (Å²) >= 11 is 0. The van der Waals surface area contributed by atoms with Crippen molar-refractivity contribution in [2.45, 2.75) is 130 Å². The lowest BCUT2D eigenvalue weighted by atomic mass is 9.79. The molecule has 1 unspecified atom stereocenters. The van der Waals surface area contributed by atoms with Gasteiger partial charge in [0.1, 0.15) is 6.10 Å². The minimum atomic E-state index is -0.232. The molecule has 0 amide bonds. The van der Waals surface area contributed by atoms with Gasteiger partial charge in [-0.2, -0.15) is 5.06 Å². The van der Waals surface area contributed by atoms with E-state index in [0.717, 1.165) is 25.7 Å². The van der Waals surface area contributed by atoms with Crippen molar-refractivity contribution in [2.75, 3.05) is 6.61 Å². The second-order valence-electron chi connectivity index (χ2n) is 12.8. The van der Waals surface area contributed by atoms with Gasteiger partial charge in [-0.15, -0.1) is 0 Å². The zero-order chi connectivity index (χ0) is 24.5. The molecule has 0 aliphatic carbocycles. The number of carbonyl (C=O) groups is 1. The molecule has 0 N–H and O–H groups in total. The normalized spacial score (nSPS) is 21.8. The topological polar surface area (TPSA) is 38.8 Å². The molecule has 0 saturated carbocycles. The summed E-state index contributed by atoms with van der Waals surface area (Å²) in [6.07, 6.45) is 3.33. The number of nitrogens with zero attached hydrogens (tertiary/aromatic N) is 1. The van der Waals surface area contributed by atoms with Crippen molar-refractivity contribution in [2.24, 2.45) is 0 Å². The molecule has 1 aliphatic heterocycles. The monoisotopic (exact) mass is 445 g/mol. The van der Waals surface area contributed by atoms with Crippen molar-refractivity contribution in [1.82, 2.24) is 5.06 Å². The van der Waals surface area contributed by atoms with E-state index < -0.39 is 0 Å². The Bertz CT molecular complexity index is 764. The molecule has 1 aromatic rings. The first kappa shape index (κ1) is 26.9. The number of hydroxylamine groups is 2. The first-order valence-corrected chi connectivity index (χ1v) is 12.3. The maximum absolute atomic E-state index is 13.3. The van der Waals surface area contributed by atoms with Gasteiger partial charge in [-0.25, -0.2) is 4.79 Å². The first-order valence-electron chi connectivity index (χ1n) is 12.3. The molecule has 0 radical (unpaired) electrons. The minimum absolute atomic E-state index is 0.0399. The molecule has 2 rings (SSSR count). The maximum Gasteiger partial charge on any atom is 0.338 e. The molecule has 1 heterocycles. The Balaban J connectivity index is 2.31. The Morgan fingerprint density at radius 3 is 1.97 bits per heavy atom. The summed E-state index contributed by atoms with van der Waals surface area (Å²) in [5, 5.41) is 2.15. The standard InChI is InChI=1S/C28H47NO3/c1-12-15-31-29-27(8,9)14-13-23(19-28(29,10)11)32-24(30)20-16-21(25(2,3)4)18-22(17-20)26(5,6)7/h16-18,23H,12-15,19H2,1-11H3. The van der Waals surface area contributed by atoms with Crippen molar-refractivity contribution in [3.63, 3.8) is 0 Å². The Labute approximate surface area is 197 Å². The highest BCUT2D eigenvalue weighted by Crippen LogP contribution is 2.38. The van der Waals surface area contributed by atoms with Gasteiger partial charge >= 0.3 is 5.97 Å². The molecule has 4 nitrogen and oxygen atoms in total. The van der Waals surface area contributed by atoms with E-state index in [1.165, 1.54) is 11.1 Å². The van der Waals surface area contributed by atoms with Gasteiger partial charge in [0.05, 0.1) is 12.2 Å². The van der Waals surface area contributed by atoms with E-state index in [1.807, 2.05) is 12.1 Å². The van der Waals surface area contributed by atoms with Gasteiger partial charge in [-0.05, 0) is 81.0 Å². The van der Waals surface area contributed by atoms with Gasteiger partial charge in [0.25, 0.3) is 0 Å². The van der Waals surface area contributed by atoms with E-state index in [1.54, 1.807) is 0 Å². The molecule has 0 spiro atoms. The van der Waals surface area contributed by atoms with Crippen LogP contribution in [0, 0.1) is 0 Å². The van der Waals surface area contributed by atoms with Crippen LogP contribution in [0.15, 0.2) is 18.2 Å². The van der Waals surface area contributed by atoms with Gasteiger partial charge < -0.3 is 4.74 Å². The third kappa shape index (κ3) is 6.57. The van der Waals surface area contributed by atoms with E-state index in [9.17, 15) is 4.79 Å². The van der Waals surface area contributed by atoms with E-state index in [4.69, 9.17) is 9.57 Å². The number of rotatable bonds is 5. The molecular weight excluding hydrogens is 398 g/mol. The second kappa shape index (κ2) is 9.46. The van der Waals surface area contributed by atoms with Crippen LogP contribution in [-0.4, -0.2) is 34.8 Å². The minimum Gasteiger partial charge on any atom is -0.459 e. The van der Waals surface area contributed by atoms with Crippen LogP contribution >= 0.6 is 0 Å². The molecule has 1 aromatic carbocycles. The predicted octanol–water partition coefficient (Wildman–Crippen LogP) is 7.19. The highest BCUT2D eigenvalue weighted by atomic mass is 16.7. The smallest absolute Gasteiger partial charge is 0.338 e. The third-order valence-corrected chi connectivity index (χ3v) is 6.50. The van der Waals surface area contributed by atoms with Crippen LogP contribution < -0.4 is 0 Å². The van der Waals surface area contributed by atoms with Crippen molar-refractivity contribution in [1.29, 1.82) is 0 Å². The number of esters is 1. The largest absolute Gasteiger partial charge is 0.459 e. The molecular formula is C28H47NO3. The van der Waals surface area contributed by atoms with Crippen LogP contribution in [0.2, 0.25) is 0 Å². The zero-order valence-electron chi connectivity index (χ0n) is 22.5. The van der Waals surface area contributed by atoms with Gasteiger partial charge in [-0.1, -0.05) is 54.5 Å². The Kier molecular flexibility index (Phi) is 7.94. The predicted molar refractivity (Wildman–Crippen MR) is 133 cm³/mol. The lowest BCUT2D eigenvalue weighted by Gasteiger charge is -2.45. The first-order chi connectivity index (χ1) is 14.5. The Morgan fingerprint density at radius 1 is 0.969 bits per heavy atom. The average Bonchev–Trinajstić information content (AvgIpc) is 2.71. The van der Waals surface area contributed by atoms with Crippen molar-refractivity contribution in [3.8, 4) is 0 Å². The molecule has 1 atom stereocenters. The summed E-state index contributed by atoms with van der Waals surface area (Å²) in [7, 11) is 0. The fourth-order valence-electron chi connectivity index (χ4n) is 4.64. The number of hydrogen-bond acceptors (Lipinski definition) is 4. The van der Waals surface area contributed by atoms with Gasteiger partial charge in [0, 0.05) is 17.5 Å². The second-order valence-corrected chi connectivity index (χ2v) is 12.8. The number of benzene rings is 1.